The van der Waals surface area contributed by atoms with Gasteiger partial charge in [-0.15, -0.1) is 0 Å². The van der Waals surface area contributed by atoms with Crippen LogP contribution in [-0.2, 0) is 9.59 Å². The molecule has 5 heteroatoms. The number of nitrogens with two attached hydrogens (primary N) is 1. The van der Waals surface area contributed by atoms with E-state index in [9.17, 15) is 9.59 Å². The summed E-state index contributed by atoms with van der Waals surface area (Å²) >= 11 is 4.89. The van der Waals surface area contributed by atoms with E-state index in [0.717, 1.165) is 24.8 Å². The minimum atomic E-state index is -0.0678. The van der Waals surface area contributed by atoms with Gasteiger partial charge >= 0.3 is 0 Å². The van der Waals surface area contributed by atoms with Crippen LogP contribution < -0.4 is 10.6 Å². The number of carbonyl (C=O) groups is 2. The number of amides is 2. The Balaban J connectivity index is 1.94. The molecule has 98 valence electrons. The highest BCUT2D eigenvalue weighted by Crippen LogP contribution is 2.39. The molecule has 2 unspecified atom stereocenters. The van der Waals surface area contributed by atoms with Crippen LogP contribution in [0.3, 0.4) is 0 Å². The number of carbonyl (C=O) groups excluding carboxylic acids is 2. The summed E-state index contributed by atoms with van der Waals surface area (Å²) in [4.78, 5) is 26.2. The van der Waals surface area contributed by atoms with Gasteiger partial charge < -0.3 is 5.73 Å². The molecule has 1 saturated carbocycles. The number of rotatable bonds is 2. The van der Waals surface area contributed by atoms with Gasteiger partial charge in [0.2, 0.25) is 11.8 Å². The fourth-order valence-corrected chi connectivity index (χ4v) is 3.07. The van der Waals surface area contributed by atoms with Crippen molar-refractivity contribution in [3.8, 4) is 0 Å². The molecule has 2 bridgehead atoms. The predicted octanol–water partition coefficient (Wildman–Crippen LogP) is 1.61. The molecular formula is C14H14N2O2S. The fraction of sp³-hybridized carbons (Fsp3) is 0.357. The quantitative estimate of drug-likeness (QED) is 0.657. The minimum Gasteiger partial charge on any atom is -0.389 e. The highest BCUT2D eigenvalue weighted by molar-refractivity contribution is 7.80. The number of fused-ring (bicyclic) bond motifs is 2. The van der Waals surface area contributed by atoms with Gasteiger partial charge in [-0.3, -0.25) is 14.5 Å². The van der Waals surface area contributed by atoms with Crippen LogP contribution >= 0.6 is 12.2 Å². The summed E-state index contributed by atoms with van der Waals surface area (Å²) < 4.78 is 0. The van der Waals surface area contributed by atoms with Crippen molar-refractivity contribution < 1.29 is 9.59 Å². The van der Waals surface area contributed by atoms with Gasteiger partial charge in [0.05, 0.1) is 5.69 Å². The normalized spacial score (nSPS) is 25.8. The first-order valence-electron chi connectivity index (χ1n) is 6.35. The lowest BCUT2D eigenvalue weighted by molar-refractivity contribution is -0.132. The molecule has 2 amide bonds. The lowest BCUT2D eigenvalue weighted by atomic mass is 9.96. The van der Waals surface area contributed by atoms with E-state index in [1.165, 1.54) is 4.90 Å². The molecule has 0 spiro atoms. The second-order valence-corrected chi connectivity index (χ2v) is 5.57. The van der Waals surface area contributed by atoms with E-state index in [0.29, 0.717) is 10.7 Å². The maximum atomic E-state index is 12.3. The molecule has 1 aromatic carbocycles. The number of hydrogen-bond acceptors (Lipinski definition) is 3. The Hall–Kier alpha value is -1.75. The SMILES string of the molecule is NC(=S)c1ccc(N2C(=O)C3CCC(C3)C2=O)cc1. The highest BCUT2D eigenvalue weighted by Gasteiger charge is 2.45. The van der Waals surface area contributed by atoms with Crippen molar-refractivity contribution in [3.05, 3.63) is 29.8 Å². The van der Waals surface area contributed by atoms with E-state index in [2.05, 4.69) is 0 Å². The van der Waals surface area contributed by atoms with Crippen molar-refractivity contribution in [3.63, 3.8) is 0 Å². The van der Waals surface area contributed by atoms with Gasteiger partial charge in [-0.25, -0.2) is 0 Å². The van der Waals surface area contributed by atoms with Crippen LogP contribution in [0, 0.1) is 11.8 Å². The number of benzene rings is 1. The third-order valence-corrected chi connectivity index (χ3v) is 4.22. The average molecular weight is 274 g/mol. The van der Waals surface area contributed by atoms with E-state index >= 15 is 0 Å². The number of piperidine rings is 1. The van der Waals surface area contributed by atoms with Crippen LogP contribution in [0.15, 0.2) is 24.3 Å². The van der Waals surface area contributed by atoms with Crippen LogP contribution in [0.25, 0.3) is 0 Å². The third kappa shape index (κ3) is 1.94. The van der Waals surface area contributed by atoms with Crippen LogP contribution in [0.2, 0.25) is 0 Å². The molecule has 1 aliphatic heterocycles. The molecule has 19 heavy (non-hydrogen) atoms. The first-order chi connectivity index (χ1) is 9.08. The molecule has 1 heterocycles. The molecular weight excluding hydrogens is 260 g/mol. The highest BCUT2D eigenvalue weighted by atomic mass is 32.1. The third-order valence-electron chi connectivity index (χ3n) is 3.98. The fourth-order valence-electron chi connectivity index (χ4n) is 2.93. The number of hydrogen-bond donors (Lipinski definition) is 1. The summed E-state index contributed by atoms with van der Waals surface area (Å²) in [7, 11) is 0. The molecule has 2 atom stereocenters. The Morgan fingerprint density at radius 2 is 1.63 bits per heavy atom. The molecule has 2 aliphatic rings. The largest absolute Gasteiger partial charge is 0.389 e. The summed E-state index contributed by atoms with van der Waals surface area (Å²) in [6, 6.07) is 6.95. The monoisotopic (exact) mass is 274 g/mol. The molecule has 1 aromatic rings. The molecule has 1 aliphatic carbocycles. The summed E-state index contributed by atoms with van der Waals surface area (Å²) in [5.74, 6) is -0.112. The second-order valence-electron chi connectivity index (χ2n) is 5.13. The molecule has 1 saturated heterocycles. The zero-order valence-electron chi connectivity index (χ0n) is 10.3. The van der Waals surface area contributed by atoms with E-state index in [1.807, 2.05) is 0 Å². The topological polar surface area (TPSA) is 63.4 Å². The molecule has 2 fully saturated rings. The Morgan fingerprint density at radius 1 is 1.11 bits per heavy atom. The van der Waals surface area contributed by atoms with Crippen LogP contribution in [0.4, 0.5) is 5.69 Å². The minimum absolute atomic E-state index is 0.0120. The van der Waals surface area contributed by atoms with Gasteiger partial charge in [-0.2, -0.15) is 0 Å². The second kappa shape index (κ2) is 4.42. The van der Waals surface area contributed by atoms with Crippen molar-refractivity contribution in [1.29, 1.82) is 0 Å². The smallest absolute Gasteiger partial charge is 0.236 e. The van der Waals surface area contributed by atoms with Crippen molar-refractivity contribution in [2.24, 2.45) is 17.6 Å². The molecule has 3 rings (SSSR count). The number of thiocarbonyl (C=S) groups is 1. The zero-order chi connectivity index (χ0) is 13.6. The van der Waals surface area contributed by atoms with Crippen molar-refractivity contribution >= 4 is 34.7 Å². The van der Waals surface area contributed by atoms with Crippen molar-refractivity contribution in [2.75, 3.05) is 4.90 Å². The number of imide groups is 1. The number of nitrogens with zero attached hydrogens (tertiary/aromatic N) is 1. The van der Waals surface area contributed by atoms with E-state index in [1.54, 1.807) is 24.3 Å². The first-order valence-corrected chi connectivity index (χ1v) is 6.76. The molecule has 4 nitrogen and oxygen atoms in total. The molecule has 0 aromatic heterocycles. The van der Waals surface area contributed by atoms with E-state index in [-0.39, 0.29) is 23.7 Å². The zero-order valence-corrected chi connectivity index (χ0v) is 11.2. The van der Waals surface area contributed by atoms with Gasteiger partial charge in [0.1, 0.15) is 4.99 Å². The van der Waals surface area contributed by atoms with Gasteiger partial charge in [-0.05, 0) is 43.5 Å². The van der Waals surface area contributed by atoms with Crippen LogP contribution in [-0.4, -0.2) is 16.8 Å². The lowest BCUT2D eigenvalue weighted by Gasteiger charge is -2.29. The summed E-state index contributed by atoms with van der Waals surface area (Å²) in [5.41, 5.74) is 6.89. The standard InChI is InChI=1S/C14H14N2O2S/c15-12(19)8-3-5-11(6-4-8)16-13(17)9-1-2-10(7-9)14(16)18/h3-6,9-10H,1-2,7H2,(H2,15,19). The Kier molecular flexibility index (Phi) is 2.86. The lowest BCUT2D eigenvalue weighted by Crippen LogP contribution is -2.46. The average Bonchev–Trinajstić information content (AvgIpc) is 2.84. The first kappa shape index (κ1) is 12.3. The van der Waals surface area contributed by atoms with Crippen molar-refractivity contribution in [2.45, 2.75) is 19.3 Å². The van der Waals surface area contributed by atoms with Crippen LogP contribution in [0.5, 0.6) is 0 Å². The number of anilines is 1. The van der Waals surface area contributed by atoms with E-state index in [4.69, 9.17) is 18.0 Å². The molecule has 0 radical (unpaired) electrons. The maximum Gasteiger partial charge on any atom is 0.236 e. The van der Waals surface area contributed by atoms with Crippen molar-refractivity contribution in [1.82, 2.24) is 0 Å². The molecule has 2 N–H and O–H groups in total. The summed E-state index contributed by atoms with van der Waals surface area (Å²) in [6.07, 6.45) is 2.38. The van der Waals surface area contributed by atoms with Gasteiger partial charge in [0.25, 0.3) is 0 Å². The van der Waals surface area contributed by atoms with E-state index < -0.39 is 0 Å². The van der Waals surface area contributed by atoms with Gasteiger partial charge in [0, 0.05) is 17.4 Å². The van der Waals surface area contributed by atoms with Gasteiger partial charge in [-0.1, -0.05) is 12.2 Å². The predicted molar refractivity (Wildman–Crippen MR) is 75.7 cm³/mol. The Bertz CT molecular complexity index is 545. The van der Waals surface area contributed by atoms with Crippen LogP contribution in [0.1, 0.15) is 24.8 Å². The summed E-state index contributed by atoms with van der Waals surface area (Å²) in [6.45, 7) is 0. The maximum absolute atomic E-state index is 12.3. The Labute approximate surface area is 116 Å². The summed E-state index contributed by atoms with van der Waals surface area (Å²) in [5, 5.41) is 0. The van der Waals surface area contributed by atoms with Gasteiger partial charge in [0.15, 0.2) is 0 Å². The Morgan fingerprint density at radius 3 is 2.11 bits per heavy atom.